The van der Waals surface area contributed by atoms with Gasteiger partial charge in [0.1, 0.15) is 18.2 Å². The molecule has 0 aliphatic carbocycles. The smallest absolute Gasteiger partial charge is 0.119 e. The summed E-state index contributed by atoms with van der Waals surface area (Å²) in [6.45, 7) is 5.87. The highest BCUT2D eigenvalue weighted by Crippen LogP contribution is 2.22. The third-order valence-electron chi connectivity index (χ3n) is 5.58. The zero-order chi connectivity index (χ0) is 20.1. The van der Waals surface area contributed by atoms with Crippen molar-refractivity contribution in [1.82, 2.24) is 9.55 Å². The monoisotopic (exact) mass is 384 g/mol. The molecule has 148 valence electrons. The minimum Gasteiger partial charge on any atom is -0.492 e. The van der Waals surface area contributed by atoms with Crippen molar-refractivity contribution in [2.75, 3.05) is 6.61 Å². The summed E-state index contributed by atoms with van der Waals surface area (Å²) in [5.74, 6) is 2.58. The summed E-state index contributed by atoms with van der Waals surface area (Å²) >= 11 is 0. The topological polar surface area (TPSA) is 27.1 Å². The van der Waals surface area contributed by atoms with Gasteiger partial charge in [0.25, 0.3) is 0 Å². The van der Waals surface area contributed by atoms with Crippen LogP contribution in [0.3, 0.4) is 0 Å². The maximum absolute atomic E-state index is 6.05. The number of ether oxygens (including phenoxy) is 1. The molecule has 3 aromatic carbocycles. The Morgan fingerprint density at radius 1 is 0.897 bits per heavy atom. The number of para-hydroxylation sites is 2. The van der Waals surface area contributed by atoms with Crippen molar-refractivity contribution in [3.8, 4) is 5.75 Å². The van der Waals surface area contributed by atoms with E-state index in [-0.39, 0.29) is 0 Å². The van der Waals surface area contributed by atoms with E-state index in [0.717, 1.165) is 42.0 Å². The number of fused-ring (bicyclic) bond motifs is 1. The van der Waals surface area contributed by atoms with Gasteiger partial charge in [-0.1, -0.05) is 68.4 Å². The molecule has 1 aromatic heterocycles. The molecule has 0 spiro atoms. The molecule has 0 saturated carbocycles. The number of benzene rings is 3. The molecule has 1 unspecified atom stereocenters. The summed E-state index contributed by atoms with van der Waals surface area (Å²) in [6.07, 6.45) is 1.97. The Hall–Kier alpha value is -3.07. The van der Waals surface area contributed by atoms with Crippen LogP contribution in [-0.4, -0.2) is 16.2 Å². The van der Waals surface area contributed by atoms with Gasteiger partial charge >= 0.3 is 0 Å². The predicted molar refractivity (Wildman–Crippen MR) is 120 cm³/mol. The van der Waals surface area contributed by atoms with Crippen molar-refractivity contribution in [2.24, 2.45) is 0 Å². The van der Waals surface area contributed by atoms with E-state index in [2.05, 4.69) is 85.1 Å². The first-order valence-electron chi connectivity index (χ1n) is 10.5. The summed E-state index contributed by atoms with van der Waals surface area (Å²) in [4.78, 5) is 4.88. The largest absolute Gasteiger partial charge is 0.492 e. The average Bonchev–Trinajstić information content (AvgIpc) is 3.11. The van der Waals surface area contributed by atoms with Gasteiger partial charge in [-0.05, 0) is 47.7 Å². The van der Waals surface area contributed by atoms with Gasteiger partial charge in [-0.3, -0.25) is 0 Å². The summed E-state index contributed by atoms with van der Waals surface area (Å²) in [5, 5.41) is 0. The van der Waals surface area contributed by atoms with Crippen molar-refractivity contribution in [1.29, 1.82) is 0 Å². The van der Waals surface area contributed by atoms with Gasteiger partial charge in [0.2, 0.25) is 0 Å². The highest BCUT2D eigenvalue weighted by atomic mass is 16.5. The average molecular weight is 385 g/mol. The maximum Gasteiger partial charge on any atom is 0.119 e. The lowest BCUT2D eigenvalue weighted by Crippen LogP contribution is -2.11. The number of aromatic nitrogens is 2. The fourth-order valence-electron chi connectivity index (χ4n) is 3.67. The zero-order valence-electron chi connectivity index (χ0n) is 17.2. The molecule has 4 aromatic rings. The van der Waals surface area contributed by atoms with Crippen LogP contribution in [0.5, 0.6) is 5.75 Å². The van der Waals surface area contributed by atoms with Gasteiger partial charge in [0.15, 0.2) is 0 Å². The zero-order valence-corrected chi connectivity index (χ0v) is 17.2. The molecule has 0 fully saturated rings. The molecule has 0 aliphatic rings. The van der Waals surface area contributed by atoms with E-state index in [0.29, 0.717) is 12.5 Å². The SMILES string of the molecule is CCC(C)c1ccc(OCCn2c(Cc3ccccc3)nc3ccccc32)cc1. The molecule has 0 amide bonds. The van der Waals surface area contributed by atoms with Crippen LogP contribution in [0.25, 0.3) is 11.0 Å². The minimum atomic E-state index is 0.585. The van der Waals surface area contributed by atoms with Gasteiger partial charge in [0.05, 0.1) is 17.6 Å². The normalized spacial score (nSPS) is 12.2. The Kier molecular flexibility index (Phi) is 5.95. The first-order valence-corrected chi connectivity index (χ1v) is 10.5. The number of rotatable bonds is 8. The van der Waals surface area contributed by atoms with Crippen LogP contribution >= 0.6 is 0 Å². The van der Waals surface area contributed by atoms with Crippen LogP contribution in [0.1, 0.15) is 43.1 Å². The van der Waals surface area contributed by atoms with Crippen LogP contribution in [0.4, 0.5) is 0 Å². The fourth-order valence-corrected chi connectivity index (χ4v) is 3.67. The molecule has 3 heteroatoms. The van der Waals surface area contributed by atoms with E-state index in [4.69, 9.17) is 9.72 Å². The quantitative estimate of drug-likeness (QED) is 0.360. The molecule has 29 heavy (non-hydrogen) atoms. The molecule has 4 rings (SSSR count). The third kappa shape index (κ3) is 4.51. The van der Waals surface area contributed by atoms with E-state index in [1.807, 2.05) is 12.1 Å². The van der Waals surface area contributed by atoms with E-state index in [1.54, 1.807) is 0 Å². The van der Waals surface area contributed by atoms with Crippen molar-refractivity contribution in [3.05, 3.63) is 95.8 Å². The van der Waals surface area contributed by atoms with Gasteiger partial charge in [-0.2, -0.15) is 0 Å². The van der Waals surface area contributed by atoms with Crippen molar-refractivity contribution >= 4 is 11.0 Å². The molecule has 0 saturated heterocycles. The highest BCUT2D eigenvalue weighted by Gasteiger charge is 2.11. The Balaban J connectivity index is 1.49. The number of imidazole rings is 1. The number of nitrogens with zero attached hydrogens (tertiary/aromatic N) is 2. The highest BCUT2D eigenvalue weighted by molar-refractivity contribution is 5.76. The van der Waals surface area contributed by atoms with Crippen molar-refractivity contribution in [2.45, 2.75) is 39.2 Å². The molecular weight excluding hydrogens is 356 g/mol. The van der Waals surface area contributed by atoms with Gasteiger partial charge in [-0.15, -0.1) is 0 Å². The predicted octanol–water partition coefficient (Wildman–Crippen LogP) is 6.22. The Bertz CT molecular complexity index is 1050. The Morgan fingerprint density at radius 3 is 2.38 bits per heavy atom. The van der Waals surface area contributed by atoms with Crippen LogP contribution in [0.15, 0.2) is 78.9 Å². The molecule has 0 N–H and O–H groups in total. The fraction of sp³-hybridized carbons (Fsp3) is 0.269. The lowest BCUT2D eigenvalue weighted by atomic mass is 9.99. The second-order valence-corrected chi connectivity index (χ2v) is 7.56. The second-order valence-electron chi connectivity index (χ2n) is 7.56. The van der Waals surface area contributed by atoms with Crippen molar-refractivity contribution in [3.63, 3.8) is 0 Å². The molecule has 1 heterocycles. The lowest BCUT2D eigenvalue weighted by Gasteiger charge is -2.13. The first-order chi connectivity index (χ1) is 14.2. The van der Waals surface area contributed by atoms with Crippen LogP contribution in [0, 0.1) is 0 Å². The molecule has 3 nitrogen and oxygen atoms in total. The molecule has 0 bridgehead atoms. The number of hydrogen-bond acceptors (Lipinski definition) is 2. The maximum atomic E-state index is 6.05. The number of hydrogen-bond donors (Lipinski definition) is 0. The second kappa shape index (κ2) is 8.95. The van der Waals surface area contributed by atoms with E-state index in [1.165, 1.54) is 11.1 Å². The van der Waals surface area contributed by atoms with Gasteiger partial charge in [-0.25, -0.2) is 4.98 Å². The lowest BCUT2D eigenvalue weighted by molar-refractivity contribution is 0.298. The standard InChI is InChI=1S/C26H28N2O/c1-3-20(2)22-13-15-23(16-14-22)29-18-17-28-25-12-8-7-11-24(25)27-26(28)19-21-9-5-4-6-10-21/h4-16,20H,3,17-19H2,1-2H3. The third-order valence-corrected chi connectivity index (χ3v) is 5.58. The van der Waals surface area contributed by atoms with E-state index in [9.17, 15) is 0 Å². The van der Waals surface area contributed by atoms with E-state index < -0.39 is 0 Å². The molecule has 1 atom stereocenters. The van der Waals surface area contributed by atoms with E-state index >= 15 is 0 Å². The van der Waals surface area contributed by atoms with Crippen LogP contribution < -0.4 is 4.74 Å². The first kappa shape index (κ1) is 19.3. The molecule has 0 aliphatic heterocycles. The summed E-state index contributed by atoms with van der Waals surface area (Å²) < 4.78 is 8.34. The Morgan fingerprint density at radius 2 is 1.62 bits per heavy atom. The van der Waals surface area contributed by atoms with Crippen LogP contribution in [0.2, 0.25) is 0 Å². The molecular formula is C26H28N2O. The van der Waals surface area contributed by atoms with Gasteiger partial charge < -0.3 is 9.30 Å². The summed E-state index contributed by atoms with van der Waals surface area (Å²) in [5.41, 5.74) is 4.83. The van der Waals surface area contributed by atoms with Gasteiger partial charge in [0, 0.05) is 6.42 Å². The Labute approximate surface area is 173 Å². The minimum absolute atomic E-state index is 0.585. The summed E-state index contributed by atoms with van der Waals surface area (Å²) in [6, 6.07) is 27.4. The van der Waals surface area contributed by atoms with Crippen molar-refractivity contribution < 1.29 is 4.74 Å². The summed E-state index contributed by atoms with van der Waals surface area (Å²) in [7, 11) is 0. The molecule has 0 radical (unpaired) electrons. The van der Waals surface area contributed by atoms with Crippen LogP contribution in [-0.2, 0) is 13.0 Å².